The van der Waals surface area contributed by atoms with Gasteiger partial charge in [0.25, 0.3) is 11.1 Å². The highest BCUT2D eigenvalue weighted by Crippen LogP contribution is 2.14. The molecule has 3 aromatic heterocycles. The fourth-order valence-electron chi connectivity index (χ4n) is 3.72. The van der Waals surface area contributed by atoms with Gasteiger partial charge in [-0.3, -0.25) is 23.7 Å². The summed E-state index contributed by atoms with van der Waals surface area (Å²) in [7, 11) is 0. The maximum Gasteiger partial charge on any atom is 0.329 e. The molecule has 0 aliphatic carbocycles. The molecule has 9 nitrogen and oxygen atoms in total. The SMILES string of the molecule is CC(C)n1c(=O)[nH]c2cnc(CC(C)n3c(=O)[nH]c4ccccc4c3=O)cc2c1=O. The lowest BCUT2D eigenvalue weighted by Gasteiger charge is -2.15. The number of fused-ring (bicyclic) bond motifs is 2. The smallest absolute Gasteiger partial charge is 0.307 e. The number of hydrogen-bond acceptors (Lipinski definition) is 5. The molecule has 1 aromatic carbocycles. The number of H-pyrrole nitrogens is 2. The molecular formula is C21H21N5O4. The Kier molecular flexibility index (Phi) is 4.73. The fourth-order valence-corrected chi connectivity index (χ4v) is 3.72. The summed E-state index contributed by atoms with van der Waals surface area (Å²) in [4.78, 5) is 59.9. The summed E-state index contributed by atoms with van der Waals surface area (Å²) >= 11 is 0. The molecule has 0 aliphatic rings. The second-order valence-electron chi connectivity index (χ2n) is 7.62. The first kappa shape index (κ1) is 19.6. The van der Waals surface area contributed by atoms with E-state index < -0.39 is 23.0 Å². The van der Waals surface area contributed by atoms with Crippen LogP contribution in [-0.2, 0) is 6.42 Å². The predicted octanol–water partition coefficient (Wildman–Crippen LogP) is 1.47. The Bertz CT molecular complexity index is 1510. The standard InChI is InChI=1S/C21H21N5O4/c1-11(2)25-19(28)15-9-13(22-10-17(15)24-20(25)29)8-12(3)26-18(27)14-6-4-5-7-16(14)23-21(26)30/h4-7,9-12H,8H2,1-3H3,(H,23,30)(H,24,29). The van der Waals surface area contributed by atoms with Crippen LogP contribution in [0.15, 0.2) is 55.7 Å². The van der Waals surface area contributed by atoms with E-state index in [0.717, 1.165) is 9.13 Å². The minimum absolute atomic E-state index is 0.261. The minimum Gasteiger partial charge on any atom is -0.307 e. The molecule has 0 bridgehead atoms. The van der Waals surface area contributed by atoms with Crippen molar-refractivity contribution in [2.45, 2.75) is 39.3 Å². The molecule has 2 N–H and O–H groups in total. The van der Waals surface area contributed by atoms with Crippen LogP contribution in [0.4, 0.5) is 0 Å². The third kappa shape index (κ3) is 3.18. The van der Waals surface area contributed by atoms with Gasteiger partial charge in [0.1, 0.15) is 0 Å². The number of nitrogens with one attached hydrogen (secondary N) is 2. The number of aromatic nitrogens is 5. The average Bonchev–Trinajstić information content (AvgIpc) is 2.68. The second kappa shape index (κ2) is 7.25. The van der Waals surface area contributed by atoms with Gasteiger partial charge in [0.2, 0.25) is 0 Å². The van der Waals surface area contributed by atoms with E-state index in [-0.39, 0.29) is 18.0 Å². The molecular weight excluding hydrogens is 386 g/mol. The Morgan fingerprint density at radius 3 is 2.23 bits per heavy atom. The maximum atomic E-state index is 12.8. The summed E-state index contributed by atoms with van der Waals surface area (Å²) in [6, 6.07) is 7.64. The molecule has 1 unspecified atom stereocenters. The van der Waals surface area contributed by atoms with E-state index >= 15 is 0 Å². The summed E-state index contributed by atoms with van der Waals surface area (Å²) in [5.41, 5.74) is -0.404. The minimum atomic E-state index is -0.501. The molecule has 30 heavy (non-hydrogen) atoms. The molecule has 3 heterocycles. The van der Waals surface area contributed by atoms with Crippen molar-refractivity contribution in [2.75, 3.05) is 0 Å². The molecule has 0 spiro atoms. The van der Waals surface area contributed by atoms with Gasteiger partial charge in [-0.05, 0) is 39.0 Å². The number of hydrogen-bond donors (Lipinski definition) is 2. The molecule has 9 heteroatoms. The van der Waals surface area contributed by atoms with Crippen molar-refractivity contribution in [3.05, 3.63) is 83.9 Å². The largest absolute Gasteiger partial charge is 0.329 e. The van der Waals surface area contributed by atoms with Gasteiger partial charge in [-0.25, -0.2) is 9.59 Å². The van der Waals surface area contributed by atoms with E-state index in [1.54, 1.807) is 51.1 Å². The molecule has 4 rings (SSSR count). The van der Waals surface area contributed by atoms with Gasteiger partial charge in [0.05, 0.1) is 28.0 Å². The van der Waals surface area contributed by atoms with Gasteiger partial charge in [0, 0.05) is 24.2 Å². The van der Waals surface area contributed by atoms with Crippen LogP contribution in [-0.4, -0.2) is 24.1 Å². The van der Waals surface area contributed by atoms with Crippen LogP contribution in [0, 0.1) is 0 Å². The van der Waals surface area contributed by atoms with Gasteiger partial charge in [0.15, 0.2) is 0 Å². The van der Waals surface area contributed by atoms with E-state index in [1.165, 1.54) is 6.20 Å². The van der Waals surface area contributed by atoms with Crippen LogP contribution in [0.5, 0.6) is 0 Å². The Labute approximate surface area is 169 Å². The molecule has 4 aromatic rings. The van der Waals surface area contributed by atoms with Crippen molar-refractivity contribution in [1.82, 2.24) is 24.1 Å². The monoisotopic (exact) mass is 407 g/mol. The lowest BCUT2D eigenvalue weighted by molar-refractivity contribution is 0.501. The van der Waals surface area contributed by atoms with Crippen molar-refractivity contribution in [2.24, 2.45) is 0 Å². The van der Waals surface area contributed by atoms with Crippen LogP contribution < -0.4 is 22.5 Å². The molecule has 0 saturated carbocycles. The molecule has 0 aliphatic heterocycles. The van der Waals surface area contributed by atoms with Crippen LogP contribution in [0.1, 0.15) is 38.5 Å². The van der Waals surface area contributed by atoms with Gasteiger partial charge in [-0.2, -0.15) is 0 Å². The van der Waals surface area contributed by atoms with Crippen molar-refractivity contribution >= 4 is 21.8 Å². The van der Waals surface area contributed by atoms with Crippen molar-refractivity contribution in [1.29, 1.82) is 0 Å². The summed E-state index contributed by atoms with van der Waals surface area (Å²) < 4.78 is 2.31. The first-order valence-corrected chi connectivity index (χ1v) is 9.65. The maximum absolute atomic E-state index is 12.8. The number of nitrogens with zero attached hydrogens (tertiary/aromatic N) is 3. The summed E-state index contributed by atoms with van der Waals surface area (Å²) in [6.07, 6.45) is 1.69. The van der Waals surface area contributed by atoms with Crippen LogP contribution in [0.25, 0.3) is 21.8 Å². The number of pyridine rings is 1. The highest BCUT2D eigenvalue weighted by atomic mass is 16.2. The summed E-state index contributed by atoms with van der Waals surface area (Å²) in [5.74, 6) is 0. The average molecular weight is 407 g/mol. The highest BCUT2D eigenvalue weighted by molar-refractivity contribution is 5.77. The zero-order chi connectivity index (χ0) is 21.6. The van der Waals surface area contributed by atoms with E-state index in [4.69, 9.17) is 0 Å². The van der Waals surface area contributed by atoms with Crippen molar-refractivity contribution < 1.29 is 0 Å². The third-order valence-corrected chi connectivity index (χ3v) is 5.17. The number of rotatable bonds is 4. The lowest BCUT2D eigenvalue weighted by Crippen LogP contribution is -2.38. The molecule has 154 valence electrons. The Balaban J connectivity index is 1.79. The zero-order valence-corrected chi connectivity index (χ0v) is 16.8. The van der Waals surface area contributed by atoms with E-state index in [9.17, 15) is 19.2 Å². The van der Waals surface area contributed by atoms with Gasteiger partial charge >= 0.3 is 11.4 Å². The summed E-state index contributed by atoms with van der Waals surface area (Å²) in [5, 5.41) is 0.757. The highest BCUT2D eigenvalue weighted by Gasteiger charge is 2.16. The van der Waals surface area contributed by atoms with Gasteiger partial charge < -0.3 is 9.97 Å². The van der Waals surface area contributed by atoms with Crippen molar-refractivity contribution in [3.8, 4) is 0 Å². The normalized spacial score (nSPS) is 12.7. The first-order valence-electron chi connectivity index (χ1n) is 9.65. The fraction of sp³-hybridized carbons (Fsp3) is 0.286. The third-order valence-electron chi connectivity index (χ3n) is 5.17. The van der Waals surface area contributed by atoms with Gasteiger partial charge in [-0.15, -0.1) is 0 Å². The van der Waals surface area contributed by atoms with Crippen LogP contribution >= 0.6 is 0 Å². The van der Waals surface area contributed by atoms with Crippen molar-refractivity contribution in [3.63, 3.8) is 0 Å². The van der Waals surface area contributed by atoms with E-state index in [1.807, 2.05) is 0 Å². The summed E-state index contributed by atoms with van der Waals surface area (Å²) in [6.45, 7) is 5.26. The Morgan fingerprint density at radius 2 is 1.50 bits per heavy atom. The molecule has 0 fully saturated rings. The second-order valence-corrected chi connectivity index (χ2v) is 7.62. The topological polar surface area (TPSA) is 123 Å². The number of aromatic amines is 2. The van der Waals surface area contributed by atoms with Crippen LogP contribution in [0.2, 0.25) is 0 Å². The Hall–Kier alpha value is -3.75. The predicted molar refractivity (Wildman–Crippen MR) is 114 cm³/mol. The quantitative estimate of drug-likeness (QED) is 0.530. The lowest BCUT2D eigenvalue weighted by atomic mass is 10.1. The first-order chi connectivity index (χ1) is 14.3. The molecule has 0 amide bonds. The zero-order valence-electron chi connectivity index (χ0n) is 16.8. The number of para-hydroxylation sites is 1. The van der Waals surface area contributed by atoms with Gasteiger partial charge in [-0.1, -0.05) is 12.1 Å². The molecule has 1 atom stereocenters. The van der Waals surface area contributed by atoms with Crippen LogP contribution in [0.3, 0.4) is 0 Å². The number of benzene rings is 1. The Morgan fingerprint density at radius 1 is 0.867 bits per heavy atom. The molecule has 0 radical (unpaired) electrons. The van der Waals surface area contributed by atoms with E-state index in [2.05, 4.69) is 15.0 Å². The molecule has 0 saturated heterocycles. The van der Waals surface area contributed by atoms with E-state index in [0.29, 0.717) is 27.5 Å².